The van der Waals surface area contributed by atoms with Crippen LogP contribution in [0.25, 0.3) is 0 Å². The Balaban J connectivity index is 2.17. The second-order valence-electron chi connectivity index (χ2n) is 6.42. The number of ether oxygens (including phenoxy) is 3. The average Bonchev–Trinajstić information content (AvgIpc) is 2.68. The number of halogens is 2. The Kier molecular flexibility index (Phi) is 9.54. The van der Waals surface area contributed by atoms with Crippen molar-refractivity contribution in [2.45, 2.75) is 12.7 Å². The first-order valence-electron chi connectivity index (χ1n) is 8.83. The van der Waals surface area contributed by atoms with Gasteiger partial charge < -0.3 is 14.2 Å². The standard InChI is InChI=1S/C18H21BrClNO9S2/c1-26-13-6-4-12(5-7-13)9-27-17-15(19)8-16(20)21-18(17)28-10-14(30-32(3,24)25)11-29-31(2,22)23/h4-8,14H,9-11H2,1-3H3/t14-/m1/s1. The van der Waals surface area contributed by atoms with E-state index < -0.39 is 39.6 Å². The summed E-state index contributed by atoms with van der Waals surface area (Å²) in [6, 6.07) is 8.68. The first kappa shape index (κ1) is 26.6. The first-order valence-corrected chi connectivity index (χ1v) is 13.6. The molecule has 0 amide bonds. The van der Waals surface area contributed by atoms with Crippen molar-refractivity contribution >= 4 is 47.8 Å². The van der Waals surface area contributed by atoms with Gasteiger partial charge in [-0.25, -0.2) is 0 Å². The van der Waals surface area contributed by atoms with E-state index in [-0.39, 0.29) is 23.4 Å². The smallest absolute Gasteiger partial charge is 0.264 e. The number of aromatic nitrogens is 1. The Labute approximate surface area is 200 Å². The minimum atomic E-state index is -3.93. The molecule has 14 heteroatoms. The number of methoxy groups -OCH3 is 1. The number of rotatable bonds is 12. The third kappa shape index (κ3) is 9.46. The fourth-order valence-electron chi connectivity index (χ4n) is 2.28. The fourth-order valence-corrected chi connectivity index (χ4v) is 4.10. The summed E-state index contributed by atoms with van der Waals surface area (Å²) in [6.07, 6.45) is 0.373. The highest BCUT2D eigenvalue weighted by molar-refractivity contribution is 9.10. The molecule has 0 fully saturated rings. The van der Waals surface area contributed by atoms with Crippen LogP contribution < -0.4 is 14.2 Å². The van der Waals surface area contributed by atoms with Gasteiger partial charge in [-0.1, -0.05) is 23.7 Å². The Morgan fingerprint density at radius 3 is 2.25 bits per heavy atom. The Morgan fingerprint density at radius 1 is 1.03 bits per heavy atom. The molecule has 1 aromatic carbocycles. The maximum Gasteiger partial charge on any atom is 0.264 e. The summed E-state index contributed by atoms with van der Waals surface area (Å²) in [5.74, 6) is 0.840. The lowest BCUT2D eigenvalue weighted by Crippen LogP contribution is -2.30. The predicted octanol–water partition coefficient (Wildman–Crippen LogP) is 2.78. The molecule has 0 bridgehead atoms. The van der Waals surface area contributed by atoms with Gasteiger partial charge in [0.2, 0.25) is 0 Å². The summed E-state index contributed by atoms with van der Waals surface area (Å²) in [7, 11) is -6.20. The molecular formula is C18H21BrClNO9S2. The molecule has 2 rings (SSSR count). The minimum Gasteiger partial charge on any atom is -0.497 e. The number of hydrogen-bond acceptors (Lipinski definition) is 10. The van der Waals surface area contributed by atoms with Crippen LogP contribution in [0.3, 0.4) is 0 Å². The molecule has 0 N–H and O–H groups in total. The van der Waals surface area contributed by atoms with Crippen LogP contribution in [0.4, 0.5) is 0 Å². The number of nitrogens with zero attached hydrogens (tertiary/aromatic N) is 1. The molecule has 0 unspecified atom stereocenters. The number of pyridine rings is 1. The van der Waals surface area contributed by atoms with Crippen LogP contribution in [-0.4, -0.2) is 60.8 Å². The third-order valence-electron chi connectivity index (χ3n) is 3.59. The first-order chi connectivity index (χ1) is 14.9. The lowest BCUT2D eigenvalue weighted by atomic mass is 10.2. The van der Waals surface area contributed by atoms with Crippen LogP contribution in [0.2, 0.25) is 5.15 Å². The molecule has 2 aromatic rings. The molecule has 0 spiro atoms. The van der Waals surface area contributed by atoms with E-state index in [4.69, 9.17) is 30.0 Å². The van der Waals surface area contributed by atoms with Gasteiger partial charge in [0.25, 0.3) is 26.1 Å². The van der Waals surface area contributed by atoms with Crippen LogP contribution in [0.15, 0.2) is 34.8 Å². The third-order valence-corrected chi connectivity index (χ3v) is 5.56. The molecule has 10 nitrogen and oxygen atoms in total. The van der Waals surface area contributed by atoms with E-state index in [2.05, 4.69) is 25.1 Å². The maximum atomic E-state index is 11.5. The SMILES string of the molecule is COc1ccc(COc2c(Br)cc(Cl)nc2OC[C@H](COS(C)(=O)=O)OS(C)(=O)=O)cc1. The summed E-state index contributed by atoms with van der Waals surface area (Å²) in [6.45, 7) is -0.848. The molecule has 0 aliphatic heterocycles. The maximum absolute atomic E-state index is 11.5. The van der Waals surface area contributed by atoms with Crippen molar-refractivity contribution in [3.05, 3.63) is 45.5 Å². The Bertz CT molecular complexity index is 1130. The summed E-state index contributed by atoms with van der Waals surface area (Å²) >= 11 is 9.32. The van der Waals surface area contributed by atoms with Crippen molar-refractivity contribution in [2.24, 2.45) is 0 Å². The highest BCUT2D eigenvalue weighted by atomic mass is 79.9. The van der Waals surface area contributed by atoms with E-state index >= 15 is 0 Å². The molecule has 0 radical (unpaired) electrons. The van der Waals surface area contributed by atoms with Crippen molar-refractivity contribution in [3.63, 3.8) is 0 Å². The highest BCUT2D eigenvalue weighted by Crippen LogP contribution is 2.36. The van der Waals surface area contributed by atoms with Crippen molar-refractivity contribution < 1.29 is 39.4 Å². The number of hydrogen-bond donors (Lipinski definition) is 0. The van der Waals surface area contributed by atoms with Gasteiger partial charge >= 0.3 is 0 Å². The van der Waals surface area contributed by atoms with Crippen molar-refractivity contribution in [1.82, 2.24) is 4.98 Å². The largest absolute Gasteiger partial charge is 0.497 e. The average molecular weight is 575 g/mol. The van der Waals surface area contributed by atoms with E-state index in [1.54, 1.807) is 19.2 Å². The molecule has 1 heterocycles. The van der Waals surface area contributed by atoms with Gasteiger partial charge in [0.1, 0.15) is 30.2 Å². The van der Waals surface area contributed by atoms with Crippen LogP contribution in [0.1, 0.15) is 5.56 Å². The van der Waals surface area contributed by atoms with Gasteiger partial charge in [-0.3, -0.25) is 8.37 Å². The normalized spacial score (nSPS) is 12.9. The van der Waals surface area contributed by atoms with E-state index in [0.29, 0.717) is 10.2 Å². The molecular weight excluding hydrogens is 554 g/mol. The van der Waals surface area contributed by atoms with E-state index in [9.17, 15) is 16.8 Å². The fraction of sp³-hybridized carbons (Fsp3) is 0.389. The van der Waals surface area contributed by atoms with Crippen molar-refractivity contribution in [2.75, 3.05) is 32.8 Å². The molecule has 1 atom stereocenters. The van der Waals surface area contributed by atoms with E-state index in [0.717, 1.165) is 18.1 Å². The second kappa shape index (κ2) is 11.5. The summed E-state index contributed by atoms with van der Waals surface area (Å²) in [5.41, 5.74) is 0.832. The molecule has 0 saturated heterocycles. The van der Waals surface area contributed by atoms with Crippen molar-refractivity contribution in [3.8, 4) is 17.4 Å². The van der Waals surface area contributed by atoms with Crippen molar-refractivity contribution in [1.29, 1.82) is 0 Å². The minimum absolute atomic E-state index is 0.0562. The van der Waals surface area contributed by atoms with Crippen LogP contribution >= 0.6 is 27.5 Å². The zero-order valence-electron chi connectivity index (χ0n) is 17.3. The topological polar surface area (TPSA) is 127 Å². The highest BCUT2D eigenvalue weighted by Gasteiger charge is 2.22. The van der Waals surface area contributed by atoms with Gasteiger partial charge in [-0.2, -0.15) is 21.8 Å². The number of benzene rings is 1. The zero-order chi connectivity index (χ0) is 23.9. The van der Waals surface area contributed by atoms with Crippen LogP contribution in [0, 0.1) is 0 Å². The van der Waals surface area contributed by atoms with E-state index in [1.807, 2.05) is 12.1 Å². The Morgan fingerprint density at radius 2 is 1.69 bits per heavy atom. The lowest BCUT2D eigenvalue weighted by Gasteiger charge is -2.18. The van der Waals surface area contributed by atoms with Gasteiger partial charge in [-0.05, 0) is 39.7 Å². The molecule has 1 aromatic heterocycles. The molecule has 0 aliphatic rings. The molecule has 0 aliphatic carbocycles. The summed E-state index contributed by atoms with van der Waals surface area (Å²) in [4.78, 5) is 4.06. The van der Waals surface area contributed by atoms with Gasteiger partial charge in [0.05, 0.1) is 30.7 Å². The molecule has 32 heavy (non-hydrogen) atoms. The van der Waals surface area contributed by atoms with Gasteiger partial charge in [-0.15, -0.1) is 0 Å². The van der Waals surface area contributed by atoms with Crippen LogP contribution in [0.5, 0.6) is 17.4 Å². The van der Waals surface area contributed by atoms with Crippen LogP contribution in [-0.2, 0) is 35.2 Å². The molecule has 0 saturated carbocycles. The van der Waals surface area contributed by atoms with Gasteiger partial charge in [0.15, 0.2) is 5.75 Å². The second-order valence-corrected chi connectivity index (χ2v) is 10.9. The predicted molar refractivity (Wildman–Crippen MR) is 120 cm³/mol. The van der Waals surface area contributed by atoms with E-state index in [1.165, 1.54) is 6.07 Å². The lowest BCUT2D eigenvalue weighted by molar-refractivity contribution is 0.0856. The monoisotopic (exact) mass is 573 g/mol. The van der Waals surface area contributed by atoms with Gasteiger partial charge in [0, 0.05) is 0 Å². The summed E-state index contributed by atoms with van der Waals surface area (Å²) < 4.78 is 71.9. The quantitative estimate of drug-likeness (QED) is 0.276. The molecule has 178 valence electrons. The zero-order valence-corrected chi connectivity index (χ0v) is 21.3. The summed E-state index contributed by atoms with van der Waals surface area (Å²) in [5, 5.41) is 0.0802. The Hall–Kier alpha value is -1.64.